The summed E-state index contributed by atoms with van der Waals surface area (Å²) in [6, 6.07) is 11.4. The highest BCUT2D eigenvalue weighted by Crippen LogP contribution is 2.33. The summed E-state index contributed by atoms with van der Waals surface area (Å²) in [5, 5.41) is 8.49. The summed E-state index contributed by atoms with van der Waals surface area (Å²) >= 11 is 0. The fraction of sp³-hybridized carbons (Fsp3) is 0.240. The molecule has 5 N–H and O–H groups in total. The molecule has 11 heteroatoms. The van der Waals surface area contributed by atoms with Gasteiger partial charge in [0.15, 0.2) is 0 Å². The number of benzene rings is 2. The number of hydrogen-bond acceptors (Lipinski definition) is 6. The highest BCUT2D eigenvalue weighted by atomic mass is 19.1. The zero-order chi connectivity index (χ0) is 25.2. The van der Waals surface area contributed by atoms with Crippen molar-refractivity contribution in [3.8, 4) is 0 Å². The van der Waals surface area contributed by atoms with Gasteiger partial charge in [-0.3, -0.25) is 15.0 Å². The molecule has 3 aromatic rings. The van der Waals surface area contributed by atoms with Crippen LogP contribution in [0, 0.1) is 12.7 Å². The number of hydrogen-bond donors (Lipinski definition) is 5. The molecule has 0 saturated carbocycles. The zero-order valence-electron chi connectivity index (χ0n) is 19.4. The minimum atomic E-state index is -0.464. The van der Waals surface area contributed by atoms with Gasteiger partial charge in [-0.25, -0.2) is 24.6 Å². The van der Waals surface area contributed by atoms with E-state index in [0.29, 0.717) is 5.56 Å². The molecule has 4 amide bonds. The Morgan fingerprint density at radius 3 is 2.64 bits per heavy atom. The standard InChI is InChI=1S/C25H24FN7O3/c1-13-8-14(2-6-18(13)26)11-27-23(34)20-10-21(29-12-28-20)24(35)30-19-7-4-15-9-16(3-5-17(15)19)22-31-25(36)33-32-22/h2-3,5-6,8-10,12,19,22,32H,4,7,11H2,1H3,(H,27,34)(H,30,35)(H2,31,33,36). The Morgan fingerprint density at radius 2 is 1.89 bits per heavy atom. The number of aromatic nitrogens is 2. The van der Waals surface area contributed by atoms with Crippen LogP contribution in [0.3, 0.4) is 0 Å². The van der Waals surface area contributed by atoms with Crippen LogP contribution in [0.2, 0.25) is 0 Å². The lowest BCUT2D eigenvalue weighted by Gasteiger charge is -2.16. The van der Waals surface area contributed by atoms with Crippen LogP contribution in [0.25, 0.3) is 0 Å². The average Bonchev–Trinajstić information content (AvgIpc) is 3.50. The fourth-order valence-electron chi connectivity index (χ4n) is 4.40. The molecule has 1 aliphatic heterocycles. The van der Waals surface area contributed by atoms with Gasteiger partial charge in [-0.2, -0.15) is 0 Å². The molecule has 2 aliphatic rings. The van der Waals surface area contributed by atoms with Crippen molar-refractivity contribution in [2.75, 3.05) is 0 Å². The van der Waals surface area contributed by atoms with Gasteiger partial charge >= 0.3 is 6.03 Å². The number of hydrazine groups is 1. The van der Waals surface area contributed by atoms with Gasteiger partial charge in [0.1, 0.15) is 29.7 Å². The van der Waals surface area contributed by atoms with E-state index in [2.05, 4.69) is 36.8 Å². The third kappa shape index (κ3) is 4.86. The summed E-state index contributed by atoms with van der Waals surface area (Å²) < 4.78 is 13.4. The van der Waals surface area contributed by atoms with Crippen LogP contribution in [0.1, 0.15) is 67.4 Å². The summed E-state index contributed by atoms with van der Waals surface area (Å²) in [4.78, 5) is 44.9. The predicted molar refractivity (Wildman–Crippen MR) is 127 cm³/mol. The molecule has 2 aromatic carbocycles. The highest BCUT2D eigenvalue weighted by molar-refractivity contribution is 5.97. The second-order valence-electron chi connectivity index (χ2n) is 8.75. The van der Waals surface area contributed by atoms with E-state index in [9.17, 15) is 18.8 Å². The Morgan fingerprint density at radius 1 is 1.08 bits per heavy atom. The maximum absolute atomic E-state index is 13.4. The van der Waals surface area contributed by atoms with E-state index in [1.807, 2.05) is 18.2 Å². The van der Waals surface area contributed by atoms with Crippen LogP contribution in [0.5, 0.6) is 0 Å². The predicted octanol–water partition coefficient (Wildman–Crippen LogP) is 2.09. The van der Waals surface area contributed by atoms with Crippen molar-refractivity contribution in [1.82, 2.24) is 36.8 Å². The second-order valence-corrected chi connectivity index (χ2v) is 8.75. The number of nitrogens with zero attached hydrogens (tertiary/aromatic N) is 2. The first-order valence-electron chi connectivity index (χ1n) is 11.5. The van der Waals surface area contributed by atoms with Gasteiger partial charge in [0.2, 0.25) is 0 Å². The number of nitrogens with one attached hydrogen (secondary N) is 5. The monoisotopic (exact) mass is 489 g/mol. The molecule has 0 radical (unpaired) electrons. The van der Waals surface area contributed by atoms with E-state index >= 15 is 0 Å². The third-order valence-electron chi connectivity index (χ3n) is 6.30. The number of fused-ring (bicyclic) bond motifs is 1. The molecule has 0 bridgehead atoms. The number of rotatable bonds is 6. The van der Waals surface area contributed by atoms with Crippen LogP contribution in [-0.2, 0) is 13.0 Å². The lowest BCUT2D eigenvalue weighted by Crippen LogP contribution is -2.29. The minimum Gasteiger partial charge on any atom is -0.347 e. The van der Waals surface area contributed by atoms with Gasteiger partial charge in [-0.1, -0.05) is 30.3 Å². The first-order chi connectivity index (χ1) is 17.4. The lowest BCUT2D eigenvalue weighted by atomic mass is 10.0. The van der Waals surface area contributed by atoms with E-state index in [1.54, 1.807) is 19.1 Å². The Hall–Kier alpha value is -4.38. The quantitative estimate of drug-likeness (QED) is 0.360. The SMILES string of the molecule is Cc1cc(CNC(=O)c2cc(C(=O)NC3CCc4cc(C5NNC(=O)N5)ccc43)ncn2)ccc1F. The molecule has 184 valence electrons. The molecule has 1 saturated heterocycles. The Kier molecular flexibility index (Phi) is 6.30. The van der Waals surface area contributed by atoms with Crippen LogP contribution in [0.4, 0.5) is 9.18 Å². The second kappa shape index (κ2) is 9.70. The summed E-state index contributed by atoms with van der Waals surface area (Å²) in [5.74, 6) is -1.18. The molecule has 2 unspecified atom stereocenters. The largest absolute Gasteiger partial charge is 0.347 e. The van der Waals surface area contributed by atoms with Gasteiger partial charge in [0.25, 0.3) is 11.8 Å². The Labute approximate surface area is 206 Å². The number of carbonyl (C=O) groups excluding carboxylic acids is 3. The first-order valence-corrected chi connectivity index (χ1v) is 11.5. The van der Waals surface area contributed by atoms with Gasteiger partial charge in [0.05, 0.1) is 6.04 Å². The summed E-state index contributed by atoms with van der Waals surface area (Å²) in [7, 11) is 0. The van der Waals surface area contributed by atoms with Crippen molar-refractivity contribution >= 4 is 17.8 Å². The van der Waals surface area contributed by atoms with Crippen molar-refractivity contribution in [2.24, 2.45) is 0 Å². The molecule has 0 spiro atoms. The molecule has 5 rings (SSSR count). The Bertz CT molecular complexity index is 1360. The molecule has 36 heavy (non-hydrogen) atoms. The van der Waals surface area contributed by atoms with Crippen molar-refractivity contribution in [2.45, 2.75) is 38.5 Å². The van der Waals surface area contributed by atoms with Crippen molar-refractivity contribution in [3.05, 3.63) is 93.8 Å². The highest BCUT2D eigenvalue weighted by Gasteiger charge is 2.28. The summed E-state index contributed by atoms with van der Waals surface area (Å²) in [6.07, 6.45) is 2.37. The minimum absolute atomic E-state index is 0.0603. The molecule has 1 aromatic heterocycles. The van der Waals surface area contributed by atoms with Crippen LogP contribution in [-0.4, -0.2) is 27.8 Å². The van der Waals surface area contributed by atoms with Gasteiger partial charge in [-0.05, 0) is 53.6 Å². The molecule has 10 nitrogen and oxygen atoms in total. The van der Waals surface area contributed by atoms with Gasteiger partial charge in [-0.15, -0.1) is 0 Å². The van der Waals surface area contributed by atoms with Crippen molar-refractivity contribution in [1.29, 1.82) is 0 Å². The fourth-order valence-corrected chi connectivity index (χ4v) is 4.40. The average molecular weight is 490 g/mol. The zero-order valence-corrected chi connectivity index (χ0v) is 19.4. The van der Waals surface area contributed by atoms with Crippen molar-refractivity contribution < 1.29 is 18.8 Å². The molecule has 2 atom stereocenters. The smallest absolute Gasteiger partial charge is 0.330 e. The van der Waals surface area contributed by atoms with E-state index in [0.717, 1.165) is 35.1 Å². The van der Waals surface area contributed by atoms with E-state index in [4.69, 9.17) is 0 Å². The van der Waals surface area contributed by atoms with Gasteiger partial charge < -0.3 is 16.0 Å². The number of halogens is 1. The molecule has 2 heterocycles. The maximum Gasteiger partial charge on any atom is 0.330 e. The molecule has 1 fully saturated rings. The number of amides is 4. The van der Waals surface area contributed by atoms with Crippen LogP contribution < -0.4 is 26.8 Å². The number of carbonyl (C=O) groups is 3. The summed E-state index contributed by atoms with van der Waals surface area (Å²) in [5.41, 5.74) is 9.79. The molecular formula is C25H24FN7O3. The first kappa shape index (κ1) is 23.4. The lowest BCUT2D eigenvalue weighted by molar-refractivity contribution is 0.0931. The third-order valence-corrected chi connectivity index (χ3v) is 6.30. The van der Waals surface area contributed by atoms with E-state index in [-0.39, 0.29) is 42.0 Å². The van der Waals surface area contributed by atoms with E-state index in [1.165, 1.54) is 18.5 Å². The summed E-state index contributed by atoms with van der Waals surface area (Å²) in [6.45, 7) is 1.85. The normalized spacial score (nSPS) is 18.2. The maximum atomic E-state index is 13.4. The number of aryl methyl sites for hydroxylation is 2. The number of urea groups is 1. The molecule has 1 aliphatic carbocycles. The van der Waals surface area contributed by atoms with Crippen LogP contribution in [0.15, 0.2) is 48.8 Å². The molecular weight excluding hydrogens is 465 g/mol. The van der Waals surface area contributed by atoms with Crippen LogP contribution >= 0.6 is 0 Å². The van der Waals surface area contributed by atoms with E-state index < -0.39 is 11.8 Å². The van der Waals surface area contributed by atoms with Gasteiger partial charge in [0, 0.05) is 12.6 Å². The van der Waals surface area contributed by atoms with Crippen molar-refractivity contribution in [3.63, 3.8) is 0 Å². The topological polar surface area (TPSA) is 137 Å². The Balaban J connectivity index is 1.22.